The van der Waals surface area contributed by atoms with Crippen molar-refractivity contribution in [2.45, 2.75) is 11.1 Å². The summed E-state index contributed by atoms with van der Waals surface area (Å²) in [6.07, 6.45) is 1.57. The Kier molecular flexibility index (Phi) is 5.46. The summed E-state index contributed by atoms with van der Waals surface area (Å²) in [5.41, 5.74) is 0.818. The van der Waals surface area contributed by atoms with Gasteiger partial charge in [-0.3, -0.25) is 9.59 Å². The molecule has 2 heterocycles. The third kappa shape index (κ3) is 3.67. The van der Waals surface area contributed by atoms with E-state index < -0.39 is 11.9 Å². The standard InChI is InChI=1S/C17H20N4O4S/c1-20-10-18-19-17(20)26-9-15(22)21-7-12(13(8-21)16(23)24)11-5-3-4-6-14(11)25-2/h3-6,10,12-13H,7-9H2,1-2H3,(H,23,24)/t12-,13+/m0/s1. The van der Waals surface area contributed by atoms with Gasteiger partial charge in [0.05, 0.1) is 18.8 Å². The van der Waals surface area contributed by atoms with Crippen molar-refractivity contribution in [2.24, 2.45) is 13.0 Å². The van der Waals surface area contributed by atoms with Crippen LogP contribution in [0.3, 0.4) is 0 Å². The number of hydrogen-bond acceptors (Lipinski definition) is 6. The van der Waals surface area contributed by atoms with E-state index in [1.165, 1.54) is 11.8 Å². The fourth-order valence-corrected chi connectivity index (χ4v) is 3.96. The minimum absolute atomic E-state index is 0.110. The van der Waals surface area contributed by atoms with Gasteiger partial charge in [0.25, 0.3) is 0 Å². The van der Waals surface area contributed by atoms with Crippen molar-refractivity contribution < 1.29 is 19.4 Å². The minimum atomic E-state index is -0.905. The molecule has 1 aliphatic heterocycles. The Labute approximate surface area is 155 Å². The predicted octanol–water partition coefficient (Wildman–Crippen LogP) is 1.24. The van der Waals surface area contributed by atoms with Crippen LogP contribution in [0.15, 0.2) is 35.7 Å². The van der Waals surface area contributed by atoms with E-state index in [9.17, 15) is 14.7 Å². The molecular formula is C17H20N4O4S. The molecule has 0 radical (unpaired) electrons. The summed E-state index contributed by atoms with van der Waals surface area (Å²) in [6.45, 7) is 0.547. The molecule has 1 N–H and O–H groups in total. The first-order chi connectivity index (χ1) is 12.5. The van der Waals surface area contributed by atoms with E-state index in [4.69, 9.17) is 4.74 Å². The first kappa shape index (κ1) is 18.2. The van der Waals surface area contributed by atoms with Crippen LogP contribution in [0, 0.1) is 5.92 Å². The number of carbonyl (C=O) groups excluding carboxylic acids is 1. The molecule has 26 heavy (non-hydrogen) atoms. The van der Waals surface area contributed by atoms with Crippen molar-refractivity contribution in [3.8, 4) is 5.75 Å². The largest absolute Gasteiger partial charge is 0.496 e. The molecule has 0 aliphatic carbocycles. The molecule has 138 valence electrons. The zero-order valence-electron chi connectivity index (χ0n) is 14.5. The van der Waals surface area contributed by atoms with Crippen molar-refractivity contribution in [1.29, 1.82) is 0 Å². The quantitative estimate of drug-likeness (QED) is 0.758. The van der Waals surface area contributed by atoms with Gasteiger partial charge in [-0.2, -0.15) is 0 Å². The summed E-state index contributed by atoms with van der Waals surface area (Å²) in [6, 6.07) is 7.36. The Morgan fingerprint density at radius 3 is 2.77 bits per heavy atom. The number of thioether (sulfide) groups is 1. The SMILES string of the molecule is COc1ccccc1[C@@H]1CN(C(=O)CSc2nncn2C)C[C@H]1C(=O)O. The van der Waals surface area contributed by atoms with Crippen LogP contribution in [-0.4, -0.2) is 62.6 Å². The Balaban J connectivity index is 1.73. The summed E-state index contributed by atoms with van der Waals surface area (Å²) in [5.74, 6) is -1.13. The molecule has 0 spiro atoms. The number of carboxylic acids is 1. The van der Waals surface area contributed by atoms with Crippen LogP contribution < -0.4 is 4.74 Å². The summed E-state index contributed by atoms with van der Waals surface area (Å²) in [7, 11) is 3.37. The first-order valence-electron chi connectivity index (χ1n) is 8.11. The Morgan fingerprint density at radius 2 is 2.12 bits per heavy atom. The summed E-state index contributed by atoms with van der Waals surface area (Å²) < 4.78 is 7.11. The van der Waals surface area contributed by atoms with E-state index in [1.54, 1.807) is 30.0 Å². The molecule has 1 aromatic carbocycles. The molecular weight excluding hydrogens is 356 g/mol. The number of methoxy groups -OCH3 is 1. The highest BCUT2D eigenvalue weighted by Gasteiger charge is 2.41. The number of benzene rings is 1. The highest BCUT2D eigenvalue weighted by atomic mass is 32.2. The second kappa shape index (κ2) is 7.77. The number of nitrogens with zero attached hydrogens (tertiary/aromatic N) is 4. The molecule has 1 aliphatic rings. The number of aromatic nitrogens is 3. The molecule has 0 saturated carbocycles. The zero-order valence-corrected chi connectivity index (χ0v) is 15.3. The van der Waals surface area contributed by atoms with Gasteiger partial charge in [0.15, 0.2) is 5.16 Å². The Morgan fingerprint density at radius 1 is 1.35 bits per heavy atom. The molecule has 0 bridgehead atoms. The van der Waals surface area contributed by atoms with Gasteiger partial charge in [0.1, 0.15) is 12.1 Å². The highest BCUT2D eigenvalue weighted by molar-refractivity contribution is 7.99. The van der Waals surface area contributed by atoms with Gasteiger partial charge in [0, 0.05) is 26.1 Å². The predicted molar refractivity (Wildman–Crippen MR) is 95.2 cm³/mol. The van der Waals surface area contributed by atoms with E-state index in [0.29, 0.717) is 17.5 Å². The van der Waals surface area contributed by atoms with Crippen LogP contribution in [0.4, 0.5) is 0 Å². The number of carbonyl (C=O) groups is 2. The molecule has 1 saturated heterocycles. The van der Waals surface area contributed by atoms with Crippen molar-refractivity contribution in [2.75, 3.05) is 26.0 Å². The van der Waals surface area contributed by atoms with Gasteiger partial charge in [0.2, 0.25) is 5.91 Å². The fraction of sp³-hybridized carbons (Fsp3) is 0.412. The molecule has 3 rings (SSSR count). The second-order valence-corrected chi connectivity index (χ2v) is 7.05. The van der Waals surface area contributed by atoms with Gasteiger partial charge in [-0.05, 0) is 11.6 Å². The molecule has 1 amide bonds. The van der Waals surface area contributed by atoms with Gasteiger partial charge in [-0.25, -0.2) is 0 Å². The third-order valence-electron chi connectivity index (χ3n) is 4.52. The monoisotopic (exact) mass is 376 g/mol. The lowest BCUT2D eigenvalue weighted by Gasteiger charge is -2.18. The summed E-state index contributed by atoms with van der Waals surface area (Å²) >= 11 is 1.29. The van der Waals surface area contributed by atoms with E-state index >= 15 is 0 Å². The number of carboxylic acid groups (broad SMARTS) is 1. The maximum Gasteiger partial charge on any atom is 0.308 e. The molecule has 2 atom stereocenters. The van der Waals surface area contributed by atoms with Gasteiger partial charge in [-0.15, -0.1) is 10.2 Å². The Bertz CT molecular complexity index is 810. The van der Waals surface area contributed by atoms with Gasteiger partial charge >= 0.3 is 5.97 Å². The van der Waals surface area contributed by atoms with Gasteiger partial charge < -0.3 is 19.3 Å². The van der Waals surface area contributed by atoms with Gasteiger partial charge in [-0.1, -0.05) is 30.0 Å². The van der Waals surface area contributed by atoms with Crippen molar-refractivity contribution >= 4 is 23.6 Å². The maximum absolute atomic E-state index is 12.6. The average molecular weight is 376 g/mol. The van der Waals surface area contributed by atoms with Crippen LogP contribution in [0.5, 0.6) is 5.75 Å². The van der Waals surface area contributed by atoms with E-state index in [2.05, 4.69) is 10.2 Å². The van der Waals surface area contributed by atoms with E-state index in [-0.39, 0.29) is 24.1 Å². The maximum atomic E-state index is 12.6. The summed E-state index contributed by atoms with van der Waals surface area (Å²) in [4.78, 5) is 25.9. The number of aliphatic carboxylic acids is 1. The molecule has 2 aromatic rings. The van der Waals surface area contributed by atoms with E-state index in [0.717, 1.165) is 5.56 Å². The second-order valence-electron chi connectivity index (χ2n) is 6.10. The highest BCUT2D eigenvalue weighted by Crippen LogP contribution is 2.37. The van der Waals surface area contributed by atoms with Crippen LogP contribution in [0.1, 0.15) is 11.5 Å². The van der Waals surface area contributed by atoms with Crippen LogP contribution in [0.25, 0.3) is 0 Å². The topological polar surface area (TPSA) is 97.5 Å². The molecule has 1 aromatic heterocycles. The van der Waals surface area contributed by atoms with Crippen LogP contribution in [-0.2, 0) is 16.6 Å². The summed E-state index contributed by atoms with van der Waals surface area (Å²) in [5, 5.41) is 18.0. The number of para-hydroxylation sites is 1. The van der Waals surface area contributed by atoms with Crippen molar-refractivity contribution in [1.82, 2.24) is 19.7 Å². The van der Waals surface area contributed by atoms with E-state index in [1.807, 2.05) is 24.3 Å². The van der Waals surface area contributed by atoms with Crippen LogP contribution >= 0.6 is 11.8 Å². The molecule has 1 fully saturated rings. The lowest BCUT2D eigenvalue weighted by Crippen LogP contribution is -2.31. The molecule has 9 heteroatoms. The number of ether oxygens (including phenoxy) is 1. The number of amides is 1. The first-order valence-corrected chi connectivity index (χ1v) is 9.10. The van der Waals surface area contributed by atoms with Crippen molar-refractivity contribution in [3.63, 3.8) is 0 Å². The molecule has 0 unspecified atom stereocenters. The number of hydrogen-bond donors (Lipinski definition) is 1. The lowest BCUT2D eigenvalue weighted by atomic mass is 9.88. The zero-order chi connectivity index (χ0) is 18.7. The number of likely N-dealkylation sites (tertiary alicyclic amines) is 1. The average Bonchev–Trinajstić information content (AvgIpc) is 3.26. The van der Waals surface area contributed by atoms with Crippen LogP contribution in [0.2, 0.25) is 0 Å². The third-order valence-corrected chi connectivity index (χ3v) is 5.54. The lowest BCUT2D eigenvalue weighted by molar-refractivity contribution is -0.141. The molecule has 8 nitrogen and oxygen atoms in total. The number of rotatable bonds is 6. The smallest absolute Gasteiger partial charge is 0.308 e. The fourth-order valence-electron chi connectivity index (χ4n) is 3.17. The van der Waals surface area contributed by atoms with Crippen molar-refractivity contribution in [3.05, 3.63) is 36.2 Å². The minimum Gasteiger partial charge on any atom is -0.496 e. The normalized spacial score (nSPS) is 19.5. The Hall–Kier alpha value is -2.55. The number of aryl methyl sites for hydroxylation is 1.